The first-order chi connectivity index (χ1) is 12.6. The zero-order valence-electron chi connectivity index (χ0n) is 13.4. The maximum Gasteiger partial charge on any atom is 0.274 e. The lowest BCUT2D eigenvalue weighted by atomic mass is 10.1. The van der Waals surface area contributed by atoms with Crippen molar-refractivity contribution in [2.75, 3.05) is 17.8 Å². The van der Waals surface area contributed by atoms with Crippen molar-refractivity contribution < 1.29 is 18.7 Å². The lowest BCUT2D eigenvalue weighted by molar-refractivity contribution is 0.102. The second kappa shape index (κ2) is 6.32. The number of nitrogen functional groups attached to an aromatic ring is 1. The van der Waals surface area contributed by atoms with Crippen molar-refractivity contribution >= 4 is 17.3 Å². The molecular formula is C18H13FN4O3. The Bertz CT molecular complexity index is 992. The molecule has 0 bridgehead atoms. The fourth-order valence-corrected chi connectivity index (χ4v) is 2.49. The molecule has 0 saturated heterocycles. The summed E-state index contributed by atoms with van der Waals surface area (Å²) in [4.78, 5) is 20.2. The van der Waals surface area contributed by atoms with Gasteiger partial charge in [0.1, 0.15) is 5.69 Å². The van der Waals surface area contributed by atoms with Crippen LogP contribution >= 0.6 is 0 Å². The van der Waals surface area contributed by atoms with Gasteiger partial charge in [-0.15, -0.1) is 0 Å². The van der Waals surface area contributed by atoms with Crippen LogP contribution in [-0.4, -0.2) is 22.7 Å². The SMILES string of the molecule is Nc1ccc(-c2ccc(F)nc2)cc1NC(=O)c1ccc2c(n1)OCO2. The largest absolute Gasteiger partial charge is 0.452 e. The van der Waals surface area contributed by atoms with E-state index in [4.69, 9.17) is 15.2 Å². The zero-order valence-corrected chi connectivity index (χ0v) is 13.4. The van der Waals surface area contributed by atoms with Crippen molar-refractivity contribution in [1.82, 2.24) is 9.97 Å². The maximum absolute atomic E-state index is 13.0. The van der Waals surface area contributed by atoms with Gasteiger partial charge in [-0.3, -0.25) is 4.79 Å². The third-order valence-electron chi connectivity index (χ3n) is 3.83. The molecule has 1 amide bonds. The number of rotatable bonds is 3. The zero-order chi connectivity index (χ0) is 18.1. The van der Waals surface area contributed by atoms with E-state index in [2.05, 4.69) is 15.3 Å². The Labute approximate surface area is 147 Å². The third kappa shape index (κ3) is 3.00. The number of benzene rings is 1. The van der Waals surface area contributed by atoms with Crippen LogP contribution in [0.15, 0.2) is 48.7 Å². The molecule has 7 nitrogen and oxygen atoms in total. The number of aromatic nitrogens is 2. The van der Waals surface area contributed by atoms with Crippen LogP contribution < -0.4 is 20.5 Å². The van der Waals surface area contributed by atoms with Crippen molar-refractivity contribution in [3.63, 3.8) is 0 Å². The second-order valence-corrected chi connectivity index (χ2v) is 5.53. The highest BCUT2D eigenvalue weighted by atomic mass is 19.1. The molecule has 2 aromatic heterocycles. The molecule has 3 N–H and O–H groups in total. The summed E-state index contributed by atoms with van der Waals surface area (Å²) in [6.45, 7) is 0.0775. The smallest absolute Gasteiger partial charge is 0.274 e. The number of carbonyl (C=O) groups excluding carboxylic acids is 1. The molecule has 0 atom stereocenters. The quantitative estimate of drug-likeness (QED) is 0.555. The molecular weight excluding hydrogens is 339 g/mol. The molecule has 0 saturated carbocycles. The number of nitrogens with one attached hydrogen (secondary N) is 1. The fraction of sp³-hybridized carbons (Fsp3) is 0.0556. The van der Waals surface area contributed by atoms with Crippen LogP contribution in [0.25, 0.3) is 11.1 Å². The summed E-state index contributed by atoms with van der Waals surface area (Å²) < 4.78 is 23.3. The average Bonchev–Trinajstić information content (AvgIpc) is 3.12. The molecule has 3 aromatic rings. The van der Waals surface area contributed by atoms with E-state index >= 15 is 0 Å². The van der Waals surface area contributed by atoms with Crippen LogP contribution in [0.1, 0.15) is 10.5 Å². The van der Waals surface area contributed by atoms with Crippen LogP contribution in [0, 0.1) is 5.95 Å². The molecule has 3 heterocycles. The van der Waals surface area contributed by atoms with Gasteiger partial charge in [0.05, 0.1) is 11.4 Å². The Balaban J connectivity index is 1.60. The Morgan fingerprint density at radius 3 is 2.77 bits per heavy atom. The number of nitrogens with zero attached hydrogens (tertiary/aromatic N) is 2. The number of hydrogen-bond acceptors (Lipinski definition) is 6. The van der Waals surface area contributed by atoms with Gasteiger partial charge < -0.3 is 20.5 Å². The van der Waals surface area contributed by atoms with E-state index in [-0.39, 0.29) is 18.4 Å². The van der Waals surface area contributed by atoms with Crippen LogP contribution in [0.5, 0.6) is 11.6 Å². The number of hydrogen-bond donors (Lipinski definition) is 2. The van der Waals surface area contributed by atoms with Crippen molar-refractivity contribution in [3.8, 4) is 22.8 Å². The first-order valence-corrected chi connectivity index (χ1v) is 7.69. The average molecular weight is 352 g/mol. The summed E-state index contributed by atoms with van der Waals surface area (Å²) in [5, 5.41) is 2.72. The topological polar surface area (TPSA) is 99.4 Å². The number of nitrogens with two attached hydrogens (primary N) is 1. The Kier molecular flexibility index (Phi) is 3.85. The highest BCUT2D eigenvalue weighted by molar-refractivity contribution is 6.05. The normalized spacial score (nSPS) is 12.0. The first kappa shape index (κ1) is 15.8. The lowest BCUT2D eigenvalue weighted by Crippen LogP contribution is -2.14. The Morgan fingerprint density at radius 2 is 1.96 bits per heavy atom. The summed E-state index contributed by atoms with van der Waals surface area (Å²) in [6, 6.07) is 11.1. The Hall–Kier alpha value is -3.68. The number of ether oxygens (including phenoxy) is 2. The molecule has 1 aliphatic rings. The van der Waals surface area contributed by atoms with E-state index < -0.39 is 11.9 Å². The van der Waals surface area contributed by atoms with Crippen molar-refractivity contribution in [3.05, 3.63) is 60.3 Å². The number of anilines is 2. The number of pyridine rings is 2. The first-order valence-electron chi connectivity index (χ1n) is 7.69. The van der Waals surface area contributed by atoms with Gasteiger partial charge in [0.25, 0.3) is 11.8 Å². The standard InChI is InChI=1S/C18H13FN4O3/c19-16-6-2-11(8-21-16)10-1-3-12(20)14(7-10)22-17(24)13-4-5-15-18(23-13)26-9-25-15/h1-8H,9,20H2,(H,22,24). The Morgan fingerprint density at radius 1 is 1.12 bits per heavy atom. The van der Waals surface area contributed by atoms with Crippen molar-refractivity contribution in [2.24, 2.45) is 0 Å². The van der Waals surface area contributed by atoms with E-state index in [1.54, 1.807) is 30.3 Å². The lowest BCUT2D eigenvalue weighted by Gasteiger charge is -2.10. The van der Waals surface area contributed by atoms with Gasteiger partial charge in [0, 0.05) is 11.8 Å². The van der Waals surface area contributed by atoms with E-state index in [0.29, 0.717) is 22.7 Å². The van der Waals surface area contributed by atoms with Crippen LogP contribution in [-0.2, 0) is 0 Å². The molecule has 0 aliphatic carbocycles. The van der Waals surface area contributed by atoms with Gasteiger partial charge in [0.2, 0.25) is 12.7 Å². The molecule has 4 rings (SSSR count). The van der Waals surface area contributed by atoms with Crippen molar-refractivity contribution in [1.29, 1.82) is 0 Å². The number of carbonyl (C=O) groups is 1. The van der Waals surface area contributed by atoms with E-state index in [0.717, 1.165) is 5.56 Å². The van der Waals surface area contributed by atoms with Gasteiger partial charge >= 0.3 is 0 Å². The fourth-order valence-electron chi connectivity index (χ4n) is 2.49. The molecule has 8 heteroatoms. The summed E-state index contributed by atoms with van der Waals surface area (Å²) >= 11 is 0. The molecule has 1 aromatic carbocycles. The van der Waals surface area contributed by atoms with Gasteiger partial charge in [0.15, 0.2) is 5.75 Å². The van der Waals surface area contributed by atoms with Crippen LogP contribution in [0.3, 0.4) is 0 Å². The second-order valence-electron chi connectivity index (χ2n) is 5.53. The minimum absolute atomic E-state index is 0.0775. The maximum atomic E-state index is 13.0. The highest BCUT2D eigenvalue weighted by Crippen LogP contribution is 2.30. The molecule has 26 heavy (non-hydrogen) atoms. The predicted octanol–water partition coefficient (Wildman–Crippen LogP) is 2.85. The summed E-state index contributed by atoms with van der Waals surface area (Å²) in [5.41, 5.74) is 8.36. The molecule has 0 spiro atoms. The van der Waals surface area contributed by atoms with Crippen LogP contribution in [0.4, 0.5) is 15.8 Å². The molecule has 0 fully saturated rings. The minimum atomic E-state index is -0.563. The van der Waals surface area contributed by atoms with Gasteiger partial charge in [-0.1, -0.05) is 6.07 Å². The molecule has 0 unspecified atom stereocenters. The molecule has 130 valence electrons. The van der Waals surface area contributed by atoms with Gasteiger partial charge in [-0.2, -0.15) is 4.39 Å². The van der Waals surface area contributed by atoms with Gasteiger partial charge in [-0.05, 0) is 42.0 Å². The number of fused-ring (bicyclic) bond motifs is 1. The number of halogens is 1. The minimum Gasteiger partial charge on any atom is -0.452 e. The highest BCUT2D eigenvalue weighted by Gasteiger charge is 2.18. The van der Waals surface area contributed by atoms with E-state index in [1.807, 2.05) is 0 Å². The molecule has 0 radical (unpaired) electrons. The van der Waals surface area contributed by atoms with Crippen LogP contribution in [0.2, 0.25) is 0 Å². The number of amides is 1. The van der Waals surface area contributed by atoms with Crippen molar-refractivity contribution in [2.45, 2.75) is 0 Å². The van der Waals surface area contributed by atoms with Gasteiger partial charge in [-0.25, -0.2) is 9.97 Å². The predicted molar refractivity (Wildman–Crippen MR) is 92.4 cm³/mol. The summed E-state index contributed by atoms with van der Waals surface area (Å²) in [7, 11) is 0. The van der Waals surface area contributed by atoms with E-state index in [9.17, 15) is 9.18 Å². The summed E-state index contributed by atoms with van der Waals surface area (Å²) in [6.07, 6.45) is 1.41. The monoisotopic (exact) mass is 352 g/mol. The summed E-state index contributed by atoms with van der Waals surface area (Å²) in [5.74, 6) is -0.236. The molecule has 1 aliphatic heterocycles. The third-order valence-corrected chi connectivity index (χ3v) is 3.83. The van der Waals surface area contributed by atoms with E-state index in [1.165, 1.54) is 18.3 Å².